The lowest BCUT2D eigenvalue weighted by Crippen LogP contribution is -2.55. The Morgan fingerprint density at radius 3 is 2.45 bits per heavy atom. The van der Waals surface area contributed by atoms with Crippen LogP contribution in [-0.2, 0) is 21.6 Å². The smallest absolute Gasteiger partial charge is 0.348 e. The number of ether oxygens (including phenoxy) is 1. The number of benzene rings is 2. The summed E-state index contributed by atoms with van der Waals surface area (Å²) >= 11 is 0. The number of quaternary nitrogens is 1. The molecule has 2 heterocycles. The molecule has 2 aliphatic rings. The average Bonchev–Trinajstić information content (AvgIpc) is 3.10. The second kappa shape index (κ2) is 8.73. The number of likely N-dealkylation sites (tertiary alicyclic amines) is 1. The Morgan fingerprint density at radius 2 is 1.79 bits per heavy atom. The highest BCUT2D eigenvalue weighted by Crippen LogP contribution is 2.48. The van der Waals surface area contributed by atoms with Crippen LogP contribution in [-0.4, -0.2) is 53.3 Å². The predicted molar refractivity (Wildman–Crippen MR) is 127 cm³/mol. The highest BCUT2D eigenvalue weighted by Gasteiger charge is 2.50. The van der Waals surface area contributed by atoms with Crippen LogP contribution in [0.5, 0.6) is 0 Å². The van der Waals surface area contributed by atoms with Gasteiger partial charge < -0.3 is 14.3 Å². The summed E-state index contributed by atoms with van der Waals surface area (Å²) < 4.78 is 6.92. The van der Waals surface area contributed by atoms with Crippen LogP contribution < -0.4 is 0 Å². The first-order valence-electron chi connectivity index (χ1n) is 11.8. The minimum absolute atomic E-state index is 0.196. The van der Waals surface area contributed by atoms with Gasteiger partial charge in [0, 0.05) is 36.4 Å². The molecule has 1 aliphatic heterocycles. The molecule has 0 radical (unpaired) electrons. The summed E-state index contributed by atoms with van der Waals surface area (Å²) in [6.07, 6.45) is 7.44. The summed E-state index contributed by atoms with van der Waals surface area (Å²) in [4.78, 5) is 17.7. The van der Waals surface area contributed by atoms with Crippen LogP contribution in [0.2, 0.25) is 0 Å². The number of fused-ring (bicyclic) bond motifs is 3. The number of rotatable bonds is 6. The molecular weight excluding hydrogens is 412 g/mol. The molecule has 0 amide bonds. The third-order valence-corrected chi connectivity index (χ3v) is 7.25. The topological polar surface area (TPSA) is 59.4 Å². The second-order valence-corrected chi connectivity index (χ2v) is 9.69. The number of aryl methyl sites for hydroxylation is 1. The zero-order chi connectivity index (χ0) is 22.9. The van der Waals surface area contributed by atoms with Crippen LogP contribution in [0.15, 0.2) is 73.1 Å². The summed E-state index contributed by atoms with van der Waals surface area (Å²) in [7, 11) is 2.25. The normalized spacial score (nSPS) is 22.9. The largest absolute Gasteiger partial charge is 0.454 e. The quantitative estimate of drug-likeness (QED) is 0.461. The van der Waals surface area contributed by atoms with Gasteiger partial charge in [0.25, 0.3) is 0 Å². The molecular formula is C28H31N2O3+. The van der Waals surface area contributed by atoms with E-state index < -0.39 is 11.6 Å². The van der Waals surface area contributed by atoms with E-state index in [2.05, 4.69) is 18.1 Å². The van der Waals surface area contributed by atoms with Crippen LogP contribution in [0.3, 0.4) is 0 Å². The number of piperidine rings is 1. The number of likely N-dealkylation sites (N-methyl/N-ethyl adjacent to an activating group) is 1. The SMILES string of the molecule is C[N+]1(CCCc2cccnc2)CCCC(OC(=O)C2(O)c3ccccc3-c3ccccc32)C1. The molecule has 1 N–H and O–H groups in total. The number of nitrogens with zero attached hydrogens (tertiary/aromatic N) is 2. The molecule has 0 saturated carbocycles. The molecule has 5 heteroatoms. The van der Waals surface area contributed by atoms with Crippen LogP contribution in [0.1, 0.15) is 36.0 Å². The second-order valence-electron chi connectivity index (χ2n) is 9.69. The highest BCUT2D eigenvalue weighted by molar-refractivity contribution is 5.96. The van der Waals surface area contributed by atoms with E-state index in [1.54, 1.807) is 6.20 Å². The fourth-order valence-corrected chi connectivity index (χ4v) is 5.55. The standard InChI is InChI=1S/C28H31N2O3/c1-30(17-7-10-21-9-6-16-29-19-21)18-8-11-22(20-30)33-27(31)28(32)25-14-4-2-12-23(25)24-13-3-5-15-26(24)28/h2-6,9,12-16,19,22,32H,7-8,10-11,17-18,20H2,1H3/q+1. The molecule has 5 nitrogen and oxygen atoms in total. The van der Waals surface area contributed by atoms with Crippen molar-refractivity contribution in [1.29, 1.82) is 0 Å². The van der Waals surface area contributed by atoms with Crippen molar-refractivity contribution in [2.75, 3.05) is 26.7 Å². The Balaban J connectivity index is 1.29. The number of aromatic nitrogens is 1. The van der Waals surface area contributed by atoms with Crippen LogP contribution in [0, 0.1) is 0 Å². The van der Waals surface area contributed by atoms with Gasteiger partial charge in [0.2, 0.25) is 5.60 Å². The number of carbonyl (C=O) groups is 1. The number of hydrogen-bond donors (Lipinski definition) is 1. The highest BCUT2D eigenvalue weighted by atomic mass is 16.6. The number of carbonyl (C=O) groups excluding carboxylic acids is 1. The Bertz CT molecular complexity index is 1100. The van der Waals surface area contributed by atoms with Crippen molar-refractivity contribution in [3.05, 3.63) is 89.7 Å². The molecule has 1 aliphatic carbocycles. The number of pyridine rings is 1. The van der Waals surface area contributed by atoms with E-state index in [0.29, 0.717) is 11.1 Å². The van der Waals surface area contributed by atoms with Gasteiger partial charge >= 0.3 is 5.97 Å². The van der Waals surface area contributed by atoms with Gasteiger partial charge in [-0.1, -0.05) is 54.6 Å². The molecule has 1 aromatic heterocycles. The maximum absolute atomic E-state index is 13.5. The van der Waals surface area contributed by atoms with Gasteiger partial charge in [0.1, 0.15) is 6.54 Å². The maximum Gasteiger partial charge on any atom is 0.348 e. The molecule has 0 bridgehead atoms. The summed E-state index contributed by atoms with van der Waals surface area (Å²) in [5.74, 6) is -0.561. The molecule has 1 fully saturated rings. The molecule has 2 aromatic carbocycles. The molecule has 0 spiro atoms. The zero-order valence-electron chi connectivity index (χ0n) is 19.1. The monoisotopic (exact) mass is 443 g/mol. The Labute approximate surface area is 195 Å². The molecule has 2 unspecified atom stereocenters. The average molecular weight is 444 g/mol. The van der Waals surface area contributed by atoms with Gasteiger partial charge in [0.15, 0.2) is 6.10 Å². The van der Waals surface area contributed by atoms with Crippen molar-refractivity contribution < 1.29 is 19.1 Å². The fourth-order valence-electron chi connectivity index (χ4n) is 5.55. The Hall–Kier alpha value is -3.02. The van der Waals surface area contributed by atoms with Crippen molar-refractivity contribution >= 4 is 5.97 Å². The van der Waals surface area contributed by atoms with Crippen molar-refractivity contribution in [2.45, 2.75) is 37.4 Å². The van der Waals surface area contributed by atoms with Crippen LogP contribution in [0.4, 0.5) is 0 Å². The van der Waals surface area contributed by atoms with E-state index in [1.807, 2.05) is 60.8 Å². The molecule has 3 aromatic rings. The van der Waals surface area contributed by atoms with Crippen LogP contribution >= 0.6 is 0 Å². The Morgan fingerprint density at radius 1 is 1.09 bits per heavy atom. The lowest BCUT2D eigenvalue weighted by atomic mass is 9.91. The van der Waals surface area contributed by atoms with E-state index in [0.717, 1.165) is 60.9 Å². The minimum atomic E-state index is -1.76. The lowest BCUT2D eigenvalue weighted by Gasteiger charge is -2.41. The summed E-state index contributed by atoms with van der Waals surface area (Å²) in [5.41, 5.74) is 2.51. The van der Waals surface area contributed by atoms with Crippen molar-refractivity contribution in [3.63, 3.8) is 0 Å². The third kappa shape index (κ3) is 4.07. The first-order chi connectivity index (χ1) is 16.0. The Kier molecular flexibility index (Phi) is 5.77. The summed E-state index contributed by atoms with van der Waals surface area (Å²) in [6.45, 7) is 2.88. The maximum atomic E-state index is 13.5. The van der Waals surface area contributed by atoms with Crippen LogP contribution in [0.25, 0.3) is 11.1 Å². The van der Waals surface area contributed by atoms with Crippen molar-refractivity contribution in [1.82, 2.24) is 4.98 Å². The van der Waals surface area contributed by atoms with Gasteiger partial charge in [-0.2, -0.15) is 0 Å². The molecule has 1 saturated heterocycles. The van der Waals surface area contributed by atoms with Crippen molar-refractivity contribution in [3.8, 4) is 11.1 Å². The lowest BCUT2D eigenvalue weighted by molar-refractivity contribution is -0.917. The van der Waals surface area contributed by atoms with E-state index in [4.69, 9.17) is 4.74 Å². The summed E-state index contributed by atoms with van der Waals surface area (Å²) in [6, 6.07) is 19.3. The molecule has 33 heavy (non-hydrogen) atoms. The summed E-state index contributed by atoms with van der Waals surface area (Å²) in [5, 5.41) is 11.7. The number of aliphatic hydroxyl groups is 1. The first kappa shape index (κ1) is 21.8. The molecule has 170 valence electrons. The van der Waals surface area contributed by atoms with Gasteiger partial charge in [0.05, 0.1) is 20.1 Å². The molecule has 2 atom stereocenters. The van der Waals surface area contributed by atoms with E-state index in [9.17, 15) is 9.90 Å². The number of esters is 1. The first-order valence-corrected chi connectivity index (χ1v) is 11.8. The van der Waals surface area contributed by atoms with Crippen molar-refractivity contribution in [2.24, 2.45) is 0 Å². The van der Waals surface area contributed by atoms with E-state index in [-0.39, 0.29) is 6.10 Å². The van der Waals surface area contributed by atoms with Gasteiger partial charge in [-0.05, 0) is 35.6 Å². The predicted octanol–water partition coefficient (Wildman–Crippen LogP) is 4.08. The molecule has 5 rings (SSSR count). The van der Waals surface area contributed by atoms with Gasteiger partial charge in [-0.15, -0.1) is 0 Å². The van der Waals surface area contributed by atoms with Gasteiger partial charge in [-0.25, -0.2) is 4.79 Å². The van der Waals surface area contributed by atoms with E-state index in [1.165, 1.54) is 5.56 Å². The number of hydrogen-bond acceptors (Lipinski definition) is 4. The third-order valence-electron chi connectivity index (χ3n) is 7.25. The minimum Gasteiger partial charge on any atom is -0.454 e. The van der Waals surface area contributed by atoms with E-state index >= 15 is 0 Å². The fraction of sp³-hybridized carbons (Fsp3) is 0.357. The zero-order valence-corrected chi connectivity index (χ0v) is 19.1. The van der Waals surface area contributed by atoms with Gasteiger partial charge in [-0.3, -0.25) is 4.98 Å².